The summed E-state index contributed by atoms with van der Waals surface area (Å²) in [7, 11) is 1.64. The molecular weight excluding hydrogens is 162 g/mol. The van der Waals surface area contributed by atoms with Crippen molar-refractivity contribution in [3.63, 3.8) is 0 Å². The Hall–Kier alpha value is -0.200. The number of nitrogens with two attached hydrogens (primary N) is 1. The number of rotatable bonds is 9. The van der Waals surface area contributed by atoms with E-state index in [2.05, 4.69) is 4.84 Å². The number of methoxy groups -OCH3 is 1. The summed E-state index contributed by atoms with van der Waals surface area (Å²) in [5, 5.41) is 0. The lowest BCUT2D eigenvalue weighted by molar-refractivity contribution is 0.00342. The summed E-state index contributed by atoms with van der Waals surface area (Å²) in [4.78, 5) is 4.30. The zero-order valence-corrected chi connectivity index (χ0v) is 7.45. The summed E-state index contributed by atoms with van der Waals surface area (Å²) >= 11 is 0. The molecule has 0 radical (unpaired) electrons. The van der Waals surface area contributed by atoms with Crippen LogP contribution >= 0.6 is 0 Å². The van der Waals surface area contributed by atoms with E-state index in [1.807, 2.05) is 0 Å². The molecule has 74 valence electrons. The van der Waals surface area contributed by atoms with Crippen molar-refractivity contribution in [3.05, 3.63) is 0 Å². The molecule has 0 aliphatic carbocycles. The van der Waals surface area contributed by atoms with Gasteiger partial charge >= 0.3 is 0 Å². The van der Waals surface area contributed by atoms with E-state index >= 15 is 0 Å². The molecule has 0 atom stereocenters. The maximum Gasteiger partial charge on any atom is 0.0913 e. The van der Waals surface area contributed by atoms with E-state index in [-0.39, 0.29) is 0 Å². The van der Waals surface area contributed by atoms with Gasteiger partial charge in [0, 0.05) is 7.11 Å². The van der Waals surface area contributed by atoms with Gasteiger partial charge in [-0.05, 0) is 0 Å². The predicted octanol–water partition coefficient (Wildman–Crippen LogP) is -0.444. The molecule has 2 N–H and O–H groups in total. The van der Waals surface area contributed by atoms with E-state index in [0.29, 0.717) is 39.6 Å². The number of hydrogen-bond donors (Lipinski definition) is 1. The fourth-order valence-corrected chi connectivity index (χ4v) is 0.571. The van der Waals surface area contributed by atoms with Crippen LogP contribution in [-0.4, -0.2) is 46.8 Å². The quantitative estimate of drug-likeness (QED) is 0.384. The Morgan fingerprint density at radius 3 is 1.83 bits per heavy atom. The normalized spacial score (nSPS) is 10.5. The van der Waals surface area contributed by atoms with Gasteiger partial charge in [-0.15, -0.1) is 0 Å². The smallest absolute Gasteiger partial charge is 0.0913 e. The molecule has 0 aromatic carbocycles. The first-order valence-corrected chi connectivity index (χ1v) is 3.88. The van der Waals surface area contributed by atoms with Crippen molar-refractivity contribution < 1.29 is 19.0 Å². The van der Waals surface area contributed by atoms with Gasteiger partial charge in [0.05, 0.1) is 39.6 Å². The summed E-state index contributed by atoms with van der Waals surface area (Å²) < 4.78 is 15.0. The molecule has 0 fully saturated rings. The van der Waals surface area contributed by atoms with Crippen molar-refractivity contribution in [1.82, 2.24) is 0 Å². The summed E-state index contributed by atoms with van der Waals surface area (Å²) in [6.07, 6.45) is 0. The van der Waals surface area contributed by atoms with Gasteiger partial charge in [-0.3, -0.25) is 0 Å². The van der Waals surface area contributed by atoms with Crippen LogP contribution in [-0.2, 0) is 19.0 Å². The molecule has 0 heterocycles. The minimum atomic E-state index is 0.415. The monoisotopic (exact) mass is 179 g/mol. The Labute approximate surface area is 72.7 Å². The molecule has 0 amide bonds. The van der Waals surface area contributed by atoms with Crippen LogP contribution in [0.5, 0.6) is 0 Å². The maximum absolute atomic E-state index is 5.13. The zero-order valence-electron chi connectivity index (χ0n) is 7.45. The molecule has 0 aromatic heterocycles. The number of hydrogen-bond acceptors (Lipinski definition) is 5. The van der Waals surface area contributed by atoms with Crippen molar-refractivity contribution >= 4 is 0 Å². The summed E-state index contributed by atoms with van der Waals surface area (Å²) in [6.45, 7) is 3.28. The largest absolute Gasteiger partial charge is 0.382 e. The minimum Gasteiger partial charge on any atom is -0.382 e. The lowest BCUT2D eigenvalue weighted by atomic mass is 10.7. The van der Waals surface area contributed by atoms with Gasteiger partial charge in [0.1, 0.15) is 0 Å². The van der Waals surface area contributed by atoms with Crippen molar-refractivity contribution in [2.45, 2.75) is 0 Å². The molecule has 0 saturated carbocycles. The Morgan fingerprint density at radius 1 is 0.833 bits per heavy atom. The highest BCUT2D eigenvalue weighted by molar-refractivity contribution is 4.31. The van der Waals surface area contributed by atoms with Crippen molar-refractivity contribution in [2.75, 3.05) is 46.8 Å². The molecule has 0 unspecified atom stereocenters. The molecule has 12 heavy (non-hydrogen) atoms. The average Bonchev–Trinajstić information content (AvgIpc) is 2.10. The van der Waals surface area contributed by atoms with Crippen LogP contribution < -0.4 is 5.90 Å². The van der Waals surface area contributed by atoms with E-state index in [1.54, 1.807) is 7.11 Å². The highest BCUT2D eigenvalue weighted by Gasteiger charge is 1.89. The first kappa shape index (κ1) is 11.8. The Balaban J connectivity index is 2.73. The standard InChI is InChI=1S/C7H17NO4/c1-9-2-3-10-4-5-11-6-7-12-8/h2-8H2,1H3. The summed E-state index contributed by atoms with van der Waals surface area (Å²) in [5.41, 5.74) is 0. The third-order valence-electron chi connectivity index (χ3n) is 1.15. The maximum atomic E-state index is 5.13. The predicted molar refractivity (Wildman–Crippen MR) is 43.7 cm³/mol. The van der Waals surface area contributed by atoms with Crippen LogP contribution in [0.15, 0.2) is 0 Å². The zero-order chi connectivity index (χ0) is 9.07. The Kier molecular flexibility index (Phi) is 10.6. The first-order valence-electron chi connectivity index (χ1n) is 3.88. The van der Waals surface area contributed by atoms with Crippen LogP contribution in [0.3, 0.4) is 0 Å². The van der Waals surface area contributed by atoms with E-state index in [0.717, 1.165) is 0 Å². The van der Waals surface area contributed by atoms with Crippen LogP contribution in [0.1, 0.15) is 0 Å². The molecule has 0 bridgehead atoms. The van der Waals surface area contributed by atoms with E-state index < -0.39 is 0 Å². The fourth-order valence-electron chi connectivity index (χ4n) is 0.571. The second-order valence-electron chi connectivity index (χ2n) is 2.09. The van der Waals surface area contributed by atoms with Crippen LogP contribution in [0.4, 0.5) is 0 Å². The number of ether oxygens (including phenoxy) is 3. The molecule has 0 spiro atoms. The molecular formula is C7H17NO4. The van der Waals surface area contributed by atoms with E-state index in [1.165, 1.54) is 0 Å². The summed E-state index contributed by atoms with van der Waals surface area (Å²) in [5.74, 6) is 4.78. The van der Waals surface area contributed by atoms with Crippen LogP contribution in [0.2, 0.25) is 0 Å². The molecule has 5 nitrogen and oxygen atoms in total. The minimum absolute atomic E-state index is 0.415. The average molecular weight is 179 g/mol. The first-order chi connectivity index (χ1) is 5.91. The highest BCUT2D eigenvalue weighted by Crippen LogP contribution is 1.79. The second kappa shape index (κ2) is 10.8. The highest BCUT2D eigenvalue weighted by atomic mass is 16.6. The molecule has 5 heteroatoms. The van der Waals surface area contributed by atoms with Gasteiger partial charge in [0.2, 0.25) is 0 Å². The summed E-state index contributed by atoms with van der Waals surface area (Å²) in [6, 6.07) is 0. The molecule has 0 saturated heterocycles. The van der Waals surface area contributed by atoms with Gasteiger partial charge in [-0.1, -0.05) is 0 Å². The van der Waals surface area contributed by atoms with E-state index in [4.69, 9.17) is 20.1 Å². The lowest BCUT2D eigenvalue weighted by Gasteiger charge is -2.04. The Bertz CT molecular complexity index is 71.8. The Morgan fingerprint density at radius 2 is 1.33 bits per heavy atom. The van der Waals surface area contributed by atoms with Gasteiger partial charge in [-0.25, -0.2) is 5.90 Å². The molecule has 0 aromatic rings. The van der Waals surface area contributed by atoms with E-state index in [9.17, 15) is 0 Å². The fraction of sp³-hybridized carbons (Fsp3) is 1.00. The lowest BCUT2D eigenvalue weighted by Crippen LogP contribution is -2.12. The topological polar surface area (TPSA) is 62.9 Å². The third-order valence-corrected chi connectivity index (χ3v) is 1.15. The SMILES string of the molecule is COCCOCCOCCON. The molecule has 0 aliphatic rings. The second-order valence-corrected chi connectivity index (χ2v) is 2.09. The van der Waals surface area contributed by atoms with Crippen molar-refractivity contribution in [1.29, 1.82) is 0 Å². The molecule has 0 rings (SSSR count). The van der Waals surface area contributed by atoms with Crippen LogP contribution in [0.25, 0.3) is 0 Å². The van der Waals surface area contributed by atoms with Crippen molar-refractivity contribution in [2.24, 2.45) is 5.90 Å². The van der Waals surface area contributed by atoms with Gasteiger partial charge < -0.3 is 19.0 Å². The van der Waals surface area contributed by atoms with Crippen LogP contribution in [0, 0.1) is 0 Å². The van der Waals surface area contributed by atoms with Gasteiger partial charge in [-0.2, -0.15) is 0 Å². The van der Waals surface area contributed by atoms with Crippen molar-refractivity contribution in [3.8, 4) is 0 Å². The van der Waals surface area contributed by atoms with Gasteiger partial charge in [0.15, 0.2) is 0 Å². The molecule has 0 aliphatic heterocycles. The van der Waals surface area contributed by atoms with Gasteiger partial charge in [0.25, 0.3) is 0 Å². The third kappa shape index (κ3) is 9.80.